The van der Waals surface area contributed by atoms with Crippen molar-refractivity contribution in [2.75, 3.05) is 19.7 Å². The molecule has 6 nitrogen and oxygen atoms in total. The van der Waals surface area contributed by atoms with Crippen molar-refractivity contribution < 1.29 is 24.2 Å². The summed E-state index contributed by atoms with van der Waals surface area (Å²) in [4.78, 5) is 30.0. The highest BCUT2D eigenvalue weighted by Crippen LogP contribution is 2.79. The lowest BCUT2D eigenvalue weighted by atomic mass is 9.32. The molecule has 0 aromatic rings. The van der Waals surface area contributed by atoms with Crippen LogP contribution in [-0.4, -0.2) is 59.4 Å². The van der Waals surface area contributed by atoms with Crippen molar-refractivity contribution >= 4 is 11.9 Å². The maximum atomic E-state index is 14.7. The van der Waals surface area contributed by atoms with Crippen LogP contribution in [-0.2, 0) is 14.3 Å². The quantitative estimate of drug-likeness (QED) is 0.403. The summed E-state index contributed by atoms with van der Waals surface area (Å²) in [7, 11) is 0. The van der Waals surface area contributed by atoms with Crippen LogP contribution in [0.15, 0.2) is 23.8 Å². The van der Waals surface area contributed by atoms with E-state index in [1.165, 1.54) is 6.42 Å². The minimum Gasteiger partial charge on any atom is -0.440 e. The smallest absolute Gasteiger partial charge is 0.410 e. The largest absolute Gasteiger partial charge is 0.440 e. The predicted molar refractivity (Wildman–Crippen MR) is 155 cm³/mol. The summed E-state index contributed by atoms with van der Waals surface area (Å²) in [6.07, 6.45) is 21.1. The summed E-state index contributed by atoms with van der Waals surface area (Å²) in [5, 5.41) is 10.9. The average Bonchev–Trinajstić information content (AvgIpc) is 3.67. The first-order chi connectivity index (χ1) is 19.7. The van der Waals surface area contributed by atoms with Gasteiger partial charge in [-0.3, -0.25) is 4.79 Å². The minimum atomic E-state index is -0.504. The Bertz CT molecular complexity index is 1200. The third-order valence-electron chi connectivity index (χ3n) is 14.4. The molecule has 1 amide bonds. The number of carbonyl (C=O) groups is 2. The first-order valence-electron chi connectivity index (χ1n) is 16.9. The molecule has 0 radical (unpaired) electrons. The maximum Gasteiger partial charge on any atom is 0.410 e. The van der Waals surface area contributed by atoms with Crippen molar-refractivity contribution in [2.24, 2.45) is 39.4 Å². The first kappa shape index (κ1) is 26.9. The second-order valence-corrected chi connectivity index (χ2v) is 15.9. The van der Waals surface area contributed by atoms with Crippen LogP contribution in [0.4, 0.5) is 4.79 Å². The van der Waals surface area contributed by atoms with Gasteiger partial charge in [0, 0.05) is 34.3 Å². The highest BCUT2D eigenvalue weighted by molar-refractivity contribution is 6.00. The molecule has 0 aromatic carbocycles. The summed E-state index contributed by atoms with van der Waals surface area (Å²) >= 11 is 0. The monoisotopic (exact) mass is 563 g/mol. The van der Waals surface area contributed by atoms with E-state index in [-0.39, 0.29) is 51.8 Å². The Morgan fingerprint density at radius 3 is 2.49 bits per heavy atom. The Morgan fingerprint density at radius 1 is 0.951 bits per heavy atom. The molecule has 4 saturated carbocycles. The van der Waals surface area contributed by atoms with E-state index in [9.17, 15) is 14.7 Å². The van der Waals surface area contributed by atoms with Crippen molar-refractivity contribution in [3.63, 3.8) is 0 Å². The van der Waals surface area contributed by atoms with Gasteiger partial charge in [-0.2, -0.15) is 0 Å². The molecular formula is C35H49NO5. The van der Waals surface area contributed by atoms with Crippen molar-refractivity contribution in [2.45, 2.75) is 122 Å². The number of hydrogen-bond donors (Lipinski definition) is 1. The van der Waals surface area contributed by atoms with Crippen LogP contribution in [0, 0.1) is 39.4 Å². The Hall–Kier alpha value is -1.66. The van der Waals surface area contributed by atoms with Gasteiger partial charge in [-0.1, -0.05) is 51.3 Å². The second-order valence-electron chi connectivity index (χ2n) is 15.9. The fraction of sp³-hybridized carbons (Fsp3) is 0.829. The molecule has 9 aliphatic rings. The molecule has 6 fully saturated rings. The van der Waals surface area contributed by atoms with Crippen LogP contribution in [0.25, 0.3) is 0 Å². The summed E-state index contributed by atoms with van der Waals surface area (Å²) in [5.74, 6) is 1.17. The first-order valence-corrected chi connectivity index (χ1v) is 16.9. The lowest BCUT2D eigenvalue weighted by Gasteiger charge is -2.71. The number of allylic oxidation sites excluding steroid dienone is 4. The molecule has 9 rings (SSSR count). The number of aliphatic hydroxyl groups excluding tert-OH is 1. The maximum absolute atomic E-state index is 14.7. The molecule has 9 atom stereocenters. The van der Waals surface area contributed by atoms with Gasteiger partial charge in [0.25, 0.3) is 0 Å². The van der Waals surface area contributed by atoms with Crippen molar-refractivity contribution in [3.05, 3.63) is 23.8 Å². The van der Waals surface area contributed by atoms with Crippen molar-refractivity contribution in [3.8, 4) is 0 Å². The number of Topliss-reactive ketones (excluding diaryl/α,β-unsaturated/α-hetero) is 1. The van der Waals surface area contributed by atoms with Crippen LogP contribution >= 0.6 is 0 Å². The third kappa shape index (κ3) is 3.38. The SMILES string of the molecule is C[C@]12CC[C@H]3[C@]4(C=C[C@@]5(C=C4C(=O)C4CCCCC4)C[C@@H](O)CC[C@]35C)[C@@H]1CC[C@@]21CN(C[C@H]2CCCO2)C(=O)O1. The van der Waals surface area contributed by atoms with Crippen molar-refractivity contribution in [1.82, 2.24) is 4.90 Å². The molecule has 2 saturated heterocycles. The van der Waals surface area contributed by atoms with Gasteiger partial charge in [0.1, 0.15) is 5.60 Å². The number of aliphatic hydroxyl groups is 1. The molecule has 7 aliphatic carbocycles. The number of amides is 1. The highest BCUT2D eigenvalue weighted by Gasteiger charge is 2.76. The number of fused-ring (bicyclic) bond motifs is 2. The van der Waals surface area contributed by atoms with Gasteiger partial charge < -0.3 is 19.5 Å². The second kappa shape index (κ2) is 8.94. The summed E-state index contributed by atoms with van der Waals surface area (Å²) in [6.45, 7) is 6.94. The Kier molecular flexibility index (Phi) is 5.87. The van der Waals surface area contributed by atoms with Crippen LogP contribution in [0.2, 0.25) is 0 Å². The normalized spacial score (nSPS) is 50.5. The number of ketones is 1. The summed E-state index contributed by atoms with van der Waals surface area (Å²) in [6, 6.07) is 0. The average molecular weight is 564 g/mol. The molecule has 2 aliphatic heterocycles. The van der Waals surface area contributed by atoms with Gasteiger partial charge in [0.05, 0.1) is 25.3 Å². The van der Waals surface area contributed by atoms with E-state index in [4.69, 9.17) is 9.47 Å². The number of nitrogens with zero attached hydrogens (tertiary/aromatic N) is 1. The predicted octanol–water partition coefficient (Wildman–Crippen LogP) is 6.37. The Labute approximate surface area is 245 Å². The highest BCUT2D eigenvalue weighted by atomic mass is 16.6. The standard InChI is InChI=1S/C35H49NO5/c1-31-13-10-24(37)19-33(31)16-17-35(26(20-33)29(38)23-7-4-3-5-8-23)27(31)11-14-32(2)28(35)12-15-34(32)22-36(30(39)41-34)21-25-9-6-18-40-25/h16-17,20,23-25,27-28,37H,3-15,18-19,21-22H2,1-2H3/t24-,25+,27+,28+,31+,32-,33-,34+,35+/m0/s1. The molecule has 41 heavy (non-hydrogen) atoms. The molecule has 2 bridgehead atoms. The van der Waals surface area contributed by atoms with E-state index in [1.54, 1.807) is 0 Å². The Morgan fingerprint density at radius 2 is 1.71 bits per heavy atom. The topological polar surface area (TPSA) is 76.1 Å². The van der Waals surface area contributed by atoms with Crippen LogP contribution in [0.5, 0.6) is 0 Å². The third-order valence-corrected chi connectivity index (χ3v) is 14.4. The lowest BCUT2D eigenvalue weighted by molar-refractivity contribution is -0.169. The van der Waals surface area contributed by atoms with E-state index in [2.05, 4.69) is 32.1 Å². The zero-order valence-electron chi connectivity index (χ0n) is 25.2. The van der Waals surface area contributed by atoms with E-state index in [0.717, 1.165) is 95.7 Å². The molecule has 3 spiro atoms. The van der Waals surface area contributed by atoms with Crippen LogP contribution < -0.4 is 0 Å². The molecule has 2 heterocycles. The minimum absolute atomic E-state index is 0.0343. The van der Waals surface area contributed by atoms with E-state index in [1.807, 2.05) is 4.90 Å². The van der Waals surface area contributed by atoms with Gasteiger partial charge in [0.2, 0.25) is 0 Å². The van der Waals surface area contributed by atoms with E-state index >= 15 is 0 Å². The Balaban J connectivity index is 1.20. The number of rotatable bonds is 4. The molecule has 0 aromatic heterocycles. The molecular weight excluding hydrogens is 514 g/mol. The molecule has 6 heteroatoms. The van der Waals surface area contributed by atoms with Gasteiger partial charge in [-0.25, -0.2) is 4.79 Å². The van der Waals surface area contributed by atoms with Crippen molar-refractivity contribution in [1.29, 1.82) is 0 Å². The number of ether oxygens (including phenoxy) is 2. The van der Waals surface area contributed by atoms with Crippen LogP contribution in [0.1, 0.15) is 104 Å². The van der Waals surface area contributed by atoms with Gasteiger partial charge in [0.15, 0.2) is 5.78 Å². The van der Waals surface area contributed by atoms with E-state index < -0.39 is 5.60 Å². The molecule has 224 valence electrons. The summed E-state index contributed by atoms with van der Waals surface area (Å²) in [5.41, 5.74) is -0.126. The van der Waals surface area contributed by atoms with E-state index in [0.29, 0.717) is 24.8 Å². The number of hydrogen-bond acceptors (Lipinski definition) is 5. The zero-order chi connectivity index (χ0) is 28.3. The number of carbonyl (C=O) groups excluding carboxylic acids is 2. The van der Waals surface area contributed by atoms with Gasteiger partial charge >= 0.3 is 6.09 Å². The van der Waals surface area contributed by atoms with Crippen LogP contribution in [0.3, 0.4) is 0 Å². The van der Waals surface area contributed by atoms with Gasteiger partial charge in [-0.05, 0) is 87.9 Å². The zero-order valence-corrected chi connectivity index (χ0v) is 25.2. The molecule has 0 unspecified atom stereocenters. The molecule has 1 N–H and O–H groups in total. The lowest BCUT2D eigenvalue weighted by Crippen LogP contribution is -2.67. The summed E-state index contributed by atoms with van der Waals surface area (Å²) < 4.78 is 12.4. The van der Waals surface area contributed by atoms with Gasteiger partial charge in [-0.15, -0.1) is 0 Å². The fourth-order valence-electron chi connectivity index (χ4n) is 12.2. The fourth-order valence-corrected chi connectivity index (χ4v) is 12.2.